The van der Waals surface area contributed by atoms with Gasteiger partial charge in [0.2, 0.25) is 12.7 Å². The summed E-state index contributed by atoms with van der Waals surface area (Å²) in [7, 11) is 5.13. The molecule has 27 heavy (non-hydrogen) atoms. The molecule has 1 aliphatic heterocycles. The molecule has 1 N–H and O–H groups in total. The molecule has 0 saturated heterocycles. The van der Waals surface area contributed by atoms with Crippen molar-refractivity contribution in [3.63, 3.8) is 0 Å². The van der Waals surface area contributed by atoms with Gasteiger partial charge in [0.1, 0.15) is 11.5 Å². The van der Waals surface area contributed by atoms with Crippen molar-refractivity contribution < 1.29 is 23.7 Å². The van der Waals surface area contributed by atoms with Crippen LogP contribution in [0.5, 0.6) is 23.0 Å². The van der Waals surface area contributed by atoms with Crippen molar-refractivity contribution in [3.8, 4) is 23.0 Å². The zero-order valence-electron chi connectivity index (χ0n) is 15.9. The second-order valence-corrected chi connectivity index (χ2v) is 6.33. The van der Waals surface area contributed by atoms with E-state index in [9.17, 15) is 4.79 Å². The molecule has 7 nitrogen and oxygen atoms in total. The van der Waals surface area contributed by atoms with Crippen molar-refractivity contribution in [2.75, 3.05) is 33.4 Å². The smallest absolute Gasteiger partial charge is 0.241 e. The van der Waals surface area contributed by atoms with Crippen LogP contribution in [0.25, 0.3) is 0 Å². The van der Waals surface area contributed by atoms with Crippen molar-refractivity contribution in [3.05, 3.63) is 42.0 Å². The topological polar surface area (TPSA) is 69.3 Å². The number of carbonyl (C=O) groups is 1. The first-order valence-electron chi connectivity index (χ1n) is 8.63. The highest BCUT2D eigenvalue weighted by Gasteiger charge is 2.21. The van der Waals surface area contributed by atoms with E-state index < -0.39 is 0 Å². The molecule has 3 rings (SSSR count). The van der Waals surface area contributed by atoms with Crippen molar-refractivity contribution in [1.82, 2.24) is 4.90 Å². The Morgan fingerprint density at radius 2 is 1.93 bits per heavy atom. The third-order valence-corrected chi connectivity index (χ3v) is 4.59. The summed E-state index contributed by atoms with van der Waals surface area (Å²) in [5.41, 5.74) is 1.65. The van der Waals surface area contributed by atoms with Crippen LogP contribution in [0.4, 0.5) is 5.69 Å². The minimum absolute atomic E-state index is 0.108. The molecule has 144 valence electrons. The number of ether oxygens (including phenoxy) is 4. The number of likely N-dealkylation sites (N-methyl/N-ethyl adjacent to an activating group) is 1. The number of hydrogen-bond donors (Lipinski definition) is 1. The Labute approximate surface area is 158 Å². The van der Waals surface area contributed by atoms with Crippen molar-refractivity contribution >= 4 is 11.6 Å². The first kappa shape index (κ1) is 18.8. The number of rotatable bonds is 7. The average Bonchev–Trinajstić information content (AvgIpc) is 3.15. The van der Waals surface area contributed by atoms with Gasteiger partial charge >= 0.3 is 0 Å². The van der Waals surface area contributed by atoms with Gasteiger partial charge in [0.25, 0.3) is 0 Å². The SMILES string of the molecule is COc1ccc(CN(C)[C@H](C)C(=O)Nc2ccc3c(c2)OCO3)c(OC)c1. The van der Waals surface area contributed by atoms with Crippen LogP contribution in [-0.2, 0) is 11.3 Å². The Morgan fingerprint density at radius 3 is 2.67 bits per heavy atom. The van der Waals surface area contributed by atoms with E-state index in [4.69, 9.17) is 18.9 Å². The number of anilines is 1. The molecule has 0 aliphatic carbocycles. The quantitative estimate of drug-likeness (QED) is 0.806. The number of amides is 1. The van der Waals surface area contributed by atoms with E-state index in [0.717, 1.165) is 17.1 Å². The number of carbonyl (C=O) groups excluding carboxylic acids is 1. The van der Waals surface area contributed by atoms with Crippen molar-refractivity contribution in [2.24, 2.45) is 0 Å². The minimum Gasteiger partial charge on any atom is -0.497 e. The Hall–Kier alpha value is -2.93. The van der Waals surface area contributed by atoms with Crippen LogP contribution in [0, 0.1) is 0 Å². The maximum absolute atomic E-state index is 12.6. The Bertz CT molecular complexity index is 824. The molecule has 0 spiro atoms. The van der Waals surface area contributed by atoms with Gasteiger partial charge in [0.15, 0.2) is 11.5 Å². The lowest BCUT2D eigenvalue weighted by molar-refractivity contribution is -0.120. The first-order chi connectivity index (χ1) is 13.0. The van der Waals surface area contributed by atoms with Gasteiger partial charge in [-0.15, -0.1) is 0 Å². The number of nitrogens with zero attached hydrogens (tertiary/aromatic N) is 1. The molecule has 0 aromatic heterocycles. The van der Waals surface area contributed by atoms with E-state index in [1.54, 1.807) is 32.4 Å². The monoisotopic (exact) mass is 372 g/mol. The van der Waals surface area contributed by atoms with Gasteiger partial charge in [-0.1, -0.05) is 6.07 Å². The average molecular weight is 372 g/mol. The van der Waals surface area contributed by atoms with E-state index in [-0.39, 0.29) is 18.7 Å². The highest BCUT2D eigenvalue weighted by Crippen LogP contribution is 2.34. The van der Waals surface area contributed by atoms with Crippen LogP contribution < -0.4 is 24.3 Å². The number of methoxy groups -OCH3 is 2. The van der Waals surface area contributed by atoms with Gasteiger partial charge in [-0.25, -0.2) is 0 Å². The summed E-state index contributed by atoms with van der Waals surface area (Å²) in [4.78, 5) is 14.6. The maximum Gasteiger partial charge on any atom is 0.241 e. The van der Waals surface area contributed by atoms with Gasteiger partial charge in [-0.2, -0.15) is 0 Å². The number of fused-ring (bicyclic) bond motifs is 1. The molecule has 1 aliphatic rings. The van der Waals surface area contributed by atoms with Crippen LogP contribution in [0.15, 0.2) is 36.4 Å². The molecular weight excluding hydrogens is 348 g/mol. The summed E-state index contributed by atoms with van der Waals surface area (Å²) in [6, 6.07) is 10.7. The van der Waals surface area contributed by atoms with Gasteiger partial charge < -0.3 is 24.3 Å². The molecule has 2 aromatic rings. The third-order valence-electron chi connectivity index (χ3n) is 4.59. The zero-order valence-corrected chi connectivity index (χ0v) is 15.9. The van der Waals surface area contributed by atoms with E-state index >= 15 is 0 Å². The largest absolute Gasteiger partial charge is 0.497 e. The standard InChI is InChI=1S/C20H24N2O5/c1-13(20(23)21-15-6-8-17-19(9-15)27-12-26-17)22(2)11-14-5-7-16(24-3)10-18(14)25-4/h5-10,13H,11-12H2,1-4H3,(H,21,23)/t13-/m1/s1. The van der Waals surface area contributed by atoms with Crippen molar-refractivity contribution in [2.45, 2.75) is 19.5 Å². The first-order valence-corrected chi connectivity index (χ1v) is 8.63. The normalized spacial score (nSPS) is 13.4. The van der Waals surface area contributed by atoms with Crippen LogP contribution in [0.2, 0.25) is 0 Å². The van der Waals surface area contributed by atoms with Crippen molar-refractivity contribution in [1.29, 1.82) is 0 Å². The predicted octanol–water partition coefficient (Wildman–Crippen LogP) is 2.89. The van der Waals surface area contributed by atoms with E-state index in [1.165, 1.54) is 0 Å². The summed E-state index contributed by atoms with van der Waals surface area (Å²) < 4.78 is 21.3. The Kier molecular flexibility index (Phi) is 5.71. The highest BCUT2D eigenvalue weighted by atomic mass is 16.7. The summed E-state index contributed by atoms with van der Waals surface area (Å²) in [5, 5.41) is 2.92. The second kappa shape index (κ2) is 8.18. The molecule has 1 atom stereocenters. The van der Waals surface area contributed by atoms with Gasteiger partial charge in [0, 0.05) is 29.9 Å². The fourth-order valence-electron chi connectivity index (χ4n) is 2.81. The number of hydrogen-bond acceptors (Lipinski definition) is 6. The molecule has 1 amide bonds. The zero-order chi connectivity index (χ0) is 19.4. The minimum atomic E-state index is -0.345. The molecule has 0 fully saturated rings. The lowest BCUT2D eigenvalue weighted by Crippen LogP contribution is -2.39. The third kappa shape index (κ3) is 4.25. The molecule has 0 radical (unpaired) electrons. The van der Waals surface area contributed by atoms with Crippen LogP contribution >= 0.6 is 0 Å². The van der Waals surface area contributed by atoms with Gasteiger partial charge in [-0.05, 0) is 32.2 Å². The molecule has 7 heteroatoms. The predicted molar refractivity (Wildman–Crippen MR) is 102 cm³/mol. The summed E-state index contributed by atoms with van der Waals surface area (Å²) >= 11 is 0. The Balaban J connectivity index is 1.64. The fourth-order valence-corrected chi connectivity index (χ4v) is 2.81. The lowest BCUT2D eigenvalue weighted by atomic mass is 10.1. The molecule has 0 unspecified atom stereocenters. The second-order valence-electron chi connectivity index (χ2n) is 6.33. The summed E-state index contributed by atoms with van der Waals surface area (Å²) in [5.74, 6) is 2.67. The summed E-state index contributed by atoms with van der Waals surface area (Å²) in [6.45, 7) is 2.62. The molecule has 0 saturated carbocycles. The van der Waals surface area contributed by atoms with Gasteiger partial charge in [-0.3, -0.25) is 9.69 Å². The summed E-state index contributed by atoms with van der Waals surface area (Å²) in [6.07, 6.45) is 0. The maximum atomic E-state index is 12.6. The fraction of sp³-hybridized carbons (Fsp3) is 0.350. The lowest BCUT2D eigenvalue weighted by Gasteiger charge is -2.25. The van der Waals surface area contributed by atoms with E-state index in [2.05, 4.69) is 5.32 Å². The highest BCUT2D eigenvalue weighted by molar-refractivity contribution is 5.94. The number of benzene rings is 2. The van der Waals surface area contributed by atoms with E-state index in [0.29, 0.717) is 23.7 Å². The Morgan fingerprint density at radius 1 is 1.15 bits per heavy atom. The molecule has 1 heterocycles. The molecule has 0 bridgehead atoms. The van der Waals surface area contributed by atoms with Gasteiger partial charge in [0.05, 0.1) is 20.3 Å². The van der Waals surface area contributed by atoms with Crippen LogP contribution in [0.3, 0.4) is 0 Å². The molecular formula is C20H24N2O5. The van der Waals surface area contributed by atoms with Crippen LogP contribution in [0.1, 0.15) is 12.5 Å². The van der Waals surface area contributed by atoms with Crippen LogP contribution in [-0.4, -0.2) is 44.9 Å². The van der Waals surface area contributed by atoms with E-state index in [1.807, 2.05) is 37.1 Å². The number of nitrogens with one attached hydrogen (secondary N) is 1. The molecule has 2 aromatic carbocycles.